The first kappa shape index (κ1) is 19.4. The van der Waals surface area contributed by atoms with Gasteiger partial charge in [0.15, 0.2) is 10.9 Å². The fourth-order valence-corrected chi connectivity index (χ4v) is 3.53. The highest BCUT2D eigenvalue weighted by atomic mass is 79.9. The number of hydrogen-bond acceptors (Lipinski definition) is 4. The van der Waals surface area contributed by atoms with Crippen LogP contribution < -0.4 is 5.32 Å². The third-order valence-corrected chi connectivity index (χ3v) is 5.35. The summed E-state index contributed by atoms with van der Waals surface area (Å²) >= 11 is 4.82. The van der Waals surface area contributed by atoms with E-state index in [1.165, 1.54) is 11.8 Å². The van der Waals surface area contributed by atoms with Crippen molar-refractivity contribution < 1.29 is 9.59 Å². The summed E-state index contributed by atoms with van der Waals surface area (Å²) in [5.41, 5.74) is 2.29. The maximum absolute atomic E-state index is 12.5. The monoisotopic (exact) mass is 443 g/mol. The number of carbonyl (C=O) groups excluding carboxylic acids is 2. The summed E-state index contributed by atoms with van der Waals surface area (Å²) in [5.74, 6) is 0.247. The highest BCUT2D eigenvalue weighted by Crippen LogP contribution is 2.23. The van der Waals surface area contributed by atoms with E-state index in [0.717, 1.165) is 15.3 Å². The van der Waals surface area contributed by atoms with E-state index in [1.807, 2.05) is 35.0 Å². The van der Waals surface area contributed by atoms with Gasteiger partial charge in [0.2, 0.25) is 5.91 Å². The Balaban J connectivity index is 1.64. The topological polar surface area (TPSA) is 64.0 Å². The van der Waals surface area contributed by atoms with Crippen LogP contribution in [0.25, 0.3) is 5.69 Å². The molecular formula is C20H18BrN3O2S. The molecule has 138 valence electrons. The van der Waals surface area contributed by atoms with Crippen LogP contribution in [0.1, 0.15) is 23.7 Å². The van der Waals surface area contributed by atoms with Gasteiger partial charge in [-0.15, -0.1) is 0 Å². The molecule has 0 spiro atoms. The van der Waals surface area contributed by atoms with Gasteiger partial charge in [-0.1, -0.05) is 34.6 Å². The second-order valence-electron chi connectivity index (χ2n) is 5.75. The number of ketones is 1. The Kier molecular flexibility index (Phi) is 6.47. The number of thioether (sulfide) groups is 1. The molecule has 1 aromatic heterocycles. The maximum atomic E-state index is 12.5. The van der Waals surface area contributed by atoms with Crippen molar-refractivity contribution in [3.63, 3.8) is 0 Å². The molecule has 27 heavy (non-hydrogen) atoms. The summed E-state index contributed by atoms with van der Waals surface area (Å²) in [4.78, 5) is 28.2. The lowest BCUT2D eigenvalue weighted by molar-refractivity contribution is -0.115. The summed E-state index contributed by atoms with van der Waals surface area (Å²) in [6, 6.07) is 14.9. The number of hydrogen-bond donors (Lipinski definition) is 1. The minimum absolute atomic E-state index is 0.0127. The molecule has 0 saturated carbocycles. The molecule has 0 radical (unpaired) electrons. The number of imidazole rings is 1. The lowest BCUT2D eigenvalue weighted by Gasteiger charge is -2.08. The molecule has 0 fully saturated rings. The largest absolute Gasteiger partial charge is 0.326 e. The molecule has 0 aliphatic carbocycles. The molecule has 5 nitrogen and oxygen atoms in total. The molecule has 7 heteroatoms. The van der Waals surface area contributed by atoms with E-state index in [4.69, 9.17) is 0 Å². The van der Waals surface area contributed by atoms with Crippen molar-refractivity contribution in [2.45, 2.75) is 18.5 Å². The van der Waals surface area contributed by atoms with Gasteiger partial charge in [-0.05, 0) is 48.5 Å². The first-order valence-corrected chi connectivity index (χ1v) is 10.2. The van der Waals surface area contributed by atoms with Gasteiger partial charge in [0, 0.05) is 40.2 Å². The van der Waals surface area contributed by atoms with Crippen molar-refractivity contribution in [1.29, 1.82) is 0 Å². The van der Waals surface area contributed by atoms with Crippen molar-refractivity contribution >= 4 is 45.1 Å². The number of nitrogens with one attached hydrogen (secondary N) is 1. The number of amides is 1. The van der Waals surface area contributed by atoms with Gasteiger partial charge in [-0.25, -0.2) is 4.98 Å². The molecule has 3 aromatic rings. The Labute approximate surface area is 170 Å². The van der Waals surface area contributed by atoms with Crippen LogP contribution in [-0.4, -0.2) is 27.0 Å². The molecule has 0 unspecified atom stereocenters. The van der Waals surface area contributed by atoms with Gasteiger partial charge in [-0.3, -0.25) is 14.2 Å². The average molecular weight is 444 g/mol. The molecule has 1 heterocycles. The predicted molar refractivity (Wildman–Crippen MR) is 112 cm³/mol. The molecule has 1 amide bonds. The zero-order valence-corrected chi connectivity index (χ0v) is 17.1. The number of rotatable bonds is 7. The first-order valence-electron chi connectivity index (χ1n) is 8.42. The zero-order chi connectivity index (χ0) is 19.2. The normalized spacial score (nSPS) is 10.6. The number of anilines is 1. The Bertz CT molecular complexity index is 937. The summed E-state index contributed by atoms with van der Waals surface area (Å²) in [7, 11) is 0. The molecule has 0 aliphatic heterocycles. The molecule has 1 N–H and O–H groups in total. The van der Waals surface area contributed by atoms with Crippen LogP contribution in [0.2, 0.25) is 0 Å². The van der Waals surface area contributed by atoms with Crippen LogP contribution >= 0.6 is 27.7 Å². The van der Waals surface area contributed by atoms with Crippen LogP contribution in [0.3, 0.4) is 0 Å². The number of Topliss-reactive ketones (excluding diaryl/α,β-unsaturated/α-hetero) is 1. The molecule has 2 aromatic carbocycles. The first-order chi connectivity index (χ1) is 13.1. The highest BCUT2D eigenvalue weighted by Gasteiger charge is 2.11. The molecule has 0 atom stereocenters. The van der Waals surface area contributed by atoms with Crippen LogP contribution in [0, 0.1) is 0 Å². The van der Waals surface area contributed by atoms with Gasteiger partial charge in [0.25, 0.3) is 0 Å². The fourth-order valence-electron chi connectivity index (χ4n) is 2.40. The zero-order valence-electron chi connectivity index (χ0n) is 14.7. The van der Waals surface area contributed by atoms with E-state index in [0.29, 0.717) is 17.7 Å². The van der Waals surface area contributed by atoms with Gasteiger partial charge >= 0.3 is 0 Å². The second-order valence-corrected chi connectivity index (χ2v) is 7.61. The third kappa shape index (κ3) is 5.08. The maximum Gasteiger partial charge on any atom is 0.224 e. The Morgan fingerprint density at radius 2 is 1.81 bits per heavy atom. The van der Waals surface area contributed by atoms with Crippen molar-refractivity contribution in [2.75, 3.05) is 11.1 Å². The molecule has 0 aliphatic rings. The summed E-state index contributed by atoms with van der Waals surface area (Å²) in [6.45, 7) is 1.79. The summed E-state index contributed by atoms with van der Waals surface area (Å²) in [6.07, 6.45) is 4.02. The molecule has 3 rings (SSSR count). The molecule has 0 bridgehead atoms. The Hall–Kier alpha value is -2.38. The second kappa shape index (κ2) is 9.01. The lowest BCUT2D eigenvalue weighted by Crippen LogP contribution is -2.10. The van der Waals surface area contributed by atoms with E-state index < -0.39 is 0 Å². The lowest BCUT2D eigenvalue weighted by atomic mass is 10.1. The van der Waals surface area contributed by atoms with Crippen molar-refractivity contribution in [2.24, 2.45) is 0 Å². The van der Waals surface area contributed by atoms with Gasteiger partial charge in [0.05, 0.1) is 5.75 Å². The summed E-state index contributed by atoms with van der Waals surface area (Å²) in [5, 5.41) is 3.53. The smallest absolute Gasteiger partial charge is 0.224 e. The van der Waals surface area contributed by atoms with Crippen LogP contribution in [0.15, 0.2) is 70.6 Å². The molecular weight excluding hydrogens is 426 g/mol. The van der Waals surface area contributed by atoms with Gasteiger partial charge in [-0.2, -0.15) is 0 Å². The van der Waals surface area contributed by atoms with Crippen LogP contribution in [0.5, 0.6) is 0 Å². The number of carbonyl (C=O) groups is 2. The van der Waals surface area contributed by atoms with Crippen molar-refractivity contribution in [1.82, 2.24) is 9.55 Å². The van der Waals surface area contributed by atoms with Gasteiger partial charge < -0.3 is 5.32 Å². The van der Waals surface area contributed by atoms with Crippen molar-refractivity contribution in [3.8, 4) is 5.69 Å². The van der Waals surface area contributed by atoms with E-state index in [-0.39, 0.29) is 17.4 Å². The van der Waals surface area contributed by atoms with E-state index in [2.05, 4.69) is 26.2 Å². The quantitative estimate of drug-likeness (QED) is 0.414. The predicted octanol–water partition coefficient (Wildman–Crippen LogP) is 4.96. The average Bonchev–Trinajstić information content (AvgIpc) is 3.15. The van der Waals surface area contributed by atoms with Crippen molar-refractivity contribution in [3.05, 3.63) is 71.0 Å². The van der Waals surface area contributed by atoms with Crippen LogP contribution in [-0.2, 0) is 4.79 Å². The summed E-state index contributed by atoms with van der Waals surface area (Å²) < 4.78 is 2.96. The Morgan fingerprint density at radius 1 is 1.11 bits per heavy atom. The molecule has 0 saturated heterocycles. The standard InChI is InChI=1S/C20H18BrN3O2S/c1-2-19(26)23-16-7-3-14(4-8-16)18(25)13-27-20-22-11-12-24(20)17-9-5-15(21)6-10-17/h3-12H,2,13H2,1H3,(H,23,26). The minimum Gasteiger partial charge on any atom is -0.326 e. The number of benzene rings is 2. The fraction of sp³-hybridized carbons (Fsp3) is 0.150. The van der Waals surface area contributed by atoms with E-state index in [1.54, 1.807) is 37.4 Å². The number of aromatic nitrogens is 2. The van der Waals surface area contributed by atoms with E-state index in [9.17, 15) is 9.59 Å². The number of nitrogens with zero attached hydrogens (tertiary/aromatic N) is 2. The third-order valence-electron chi connectivity index (χ3n) is 3.86. The highest BCUT2D eigenvalue weighted by molar-refractivity contribution is 9.10. The van der Waals surface area contributed by atoms with Gasteiger partial charge in [0.1, 0.15) is 0 Å². The Morgan fingerprint density at radius 3 is 2.48 bits per heavy atom. The van der Waals surface area contributed by atoms with Crippen LogP contribution in [0.4, 0.5) is 5.69 Å². The van der Waals surface area contributed by atoms with E-state index >= 15 is 0 Å². The SMILES string of the molecule is CCC(=O)Nc1ccc(C(=O)CSc2nccn2-c2ccc(Br)cc2)cc1. The minimum atomic E-state index is -0.0515. The number of halogens is 1.